The van der Waals surface area contributed by atoms with Crippen molar-refractivity contribution in [1.29, 1.82) is 0 Å². The Morgan fingerprint density at radius 3 is 2.00 bits per heavy atom. The molecule has 150 valence electrons. The topological polar surface area (TPSA) is 68.6 Å². The van der Waals surface area contributed by atoms with Gasteiger partial charge in [0, 0.05) is 6.42 Å². The Bertz CT molecular complexity index is 578. The monoisotopic (exact) mass is 378 g/mol. The number of epoxide rings is 4. The fraction of sp³-hybridized carbons (Fsp3) is 0.714. The van der Waals surface area contributed by atoms with Gasteiger partial charge >= 0.3 is 0 Å². The van der Waals surface area contributed by atoms with Crippen LogP contribution in [0.5, 0.6) is 5.75 Å². The Hall–Kier alpha value is -1.18. The summed E-state index contributed by atoms with van der Waals surface area (Å²) in [7, 11) is 0. The molecule has 0 spiro atoms. The molecule has 4 unspecified atom stereocenters. The molecular formula is C21H30O6. The van der Waals surface area contributed by atoms with Crippen molar-refractivity contribution in [2.75, 3.05) is 46.2 Å². The highest BCUT2D eigenvalue weighted by molar-refractivity contribution is 5.38. The maximum atomic E-state index is 5.84. The molecule has 4 fully saturated rings. The van der Waals surface area contributed by atoms with Crippen molar-refractivity contribution in [2.24, 2.45) is 0 Å². The number of rotatable bonds is 11. The van der Waals surface area contributed by atoms with E-state index in [-0.39, 0.29) is 0 Å². The first-order chi connectivity index (χ1) is 13.3. The summed E-state index contributed by atoms with van der Waals surface area (Å²) in [6.07, 6.45) is 4.78. The van der Waals surface area contributed by atoms with Gasteiger partial charge in [0.05, 0.1) is 45.7 Å². The molecule has 6 heteroatoms. The molecular weight excluding hydrogens is 348 g/mol. The van der Waals surface area contributed by atoms with E-state index in [9.17, 15) is 0 Å². The molecule has 0 aliphatic carbocycles. The van der Waals surface area contributed by atoms with Gasteiger partial charge < -0.3 is 28.4 Å². The van der Waals surface area contributed by atoms with Gasteiger partial charge in [0.15, 0.2) is 0 Å². The molecule has 0 aromatic heterocycles. The third-order valence-corrected chi connectivity index (χ3v) is 4.75. The number of ether oxygens (including phenoxy) is 6. The fourth-order valence-corrected chi connectivity index (χ4v) is 2.81. The summed E-state index contributed by atoms with van der Waals surface area (Å²) < 4.78 is 31.5. The van der Waals surface area contributed by atoms with Crippen molar-refractivity contribution in [1.82, 2.24) is 0 Å². The van der Waals surface area contributed by atoms with Crippen LogP contribution in [0.4, 0.5) is 0 Å². The van der Waals surface area contributed by atoms with Crippen LogP contribution in [0, 0.1) is 0 Å². The minimum absolute atomic E-state index is 0.311. The highest BCUT2D eigenvalue weighted by Crippen LogP contribution is 2.27. The average molecular weight is 378 g/mol. The van der Waals surface area contributed by atoms with E-state index in [0.717, 1.165) is 58.2 Å². The van der Waals surface area contributed by atoms with Crippen LogP contribution in [0.1, 0.15) is 24.5 Å². The van der Waals surface area contributed by atoms with Crippen LogP contribution in [0.25, 0.3) is 0 Å². The van der Waals surface area contributed by atoms with Gasteiger partial charge in [-0.2, -0.15) is 0 Å². The summed E-state index contributed by atoms with van der Waals surface area (Å²) in [4.78, 5) is 0. The molecule has 0 saturated carbocycles. The second-order valence-electron chi connectivity index (χ2n) is 7.57. The molecule has 6 nitrogen and oxygen atoms in total. The number of benzene rings is 1. The normalized spacial score (nSPS) is 29.5. The lowest BCUT2D eigenvalue weighted by Crippen LogP contribution is -2.07. The maximum absolute atomic E-state index is 5.84. The van der Waals surface area contributed by atoms with Gasteiger partial charge in [0.1, 0.15) is 30.7 Å². The standard InChI is InChI=1S/C15H20O3.C6H10O3/c1-2-3-11-4-5-15(18-10-14-9-17-14)12(6-11)7-13-8-16-13;1(5-3-8-5)7-2-6-4-9-6/h4-6,13-14H,2-3,7-10H2,1H3;5-6H,1-4H2. The molecule has 5 rings (SSSR count). The summed E-state index contributed by atoms with van der Waals surface area (Å²) in [5.74, 6) is 1.00. The van der Waals surface area contributed by atoms with E-state index in [4.69, 9.17) is 28.4 Å². The molecule has 27 heavy (non-hydrogen) atoms. The minimum atomic E-state index is 0.311. The van der Waals surface area contributed by atoms with E-state index >= 15 is 0 Å². The predicted molar refractivity (Wildman–Crippen MR) is 99.4 cm³/mol. The molecule has 0 radical (unpaired) electrons. The van der Waals surface area contributed by atoms with Gasteiger partial charge in [-0.05, 0) is 23.6 Å². The molecule has 4 saturated heterocycles. The zero-order valence-electron chi connectivity index (χ0n) is 16.1. The maximum Gasteiger partial charge on any atom is 0.122 e. The zero-order valence-corrected chi connectivity index (χ0v) is 16.1. The number of hydrogen-bond donors (Lipinski definition) is 0. The van der Waals surface area contributed by atoms with Gasteiger partial charge in [-0.15, -0.1) is 0 Å². The lowest BCUT2D eigenvalue weighted by atomic mass is 10.0. The van der Waals surface area contributed by atoms with Gasteiger partial charge in [-0.1, -0.05) is 25.5 Å². The summed E-state index contributed by atoms with van der Waals surface area (Å²) in [6.45, 7) is 7.87. The van der Waals surface area contributed by atoms with E-state index in [1.54, 1.807) is 0 Å². The summed E-state index contributed by atoms with van der Waals surface area (Å²) in [5.41, 5.74) is 2.67. The van der Waals surface area contributed by atoms with Gasteiger partial charge in [-0.3, -0.25) is 0 Å². The van der Waals surface area contributed by atoms with E-state index < -0.39 is 0 Å². The highest BCUT2D eigenvalue weighted by Gasteiger charge is 2.27. The fourth-order valence-electron chi connectivity index (χ4n) is 2.81. The van der Waals surface area contributed by atoms with Crippen LogP contribution in [0.15, 0.2) is 18.2 Å². The Balaban J connectivity index is 0.000000167. The molecule has 4 aliphatic heterocycles. The van der Waals surface area contributed by atoms with Crippen molar-refractivity contribution >= 4 is 0 Å². The third kappa shape index (κ3) is 7.39. The number of aryl methyl sites for hydroxylation is 1. The molecule has 0 N–H and O–H groups in total. The van der Waals surface area contributed by atoms with E-state index in [0.29, 0.717) is 31.0 Å². The highest BCUT2D eigenvalue weighted by atomic mass is 16.6. The summed E-state index contributed by atoms with van der Waals surface area (Å²) in [6, 6.07) is 6.54. The van der Waals surface area contributed by atoms with Crippen molar-refractivity contribution in [3.63, 3.8) is 0 Å². The molecule has 4 atom stereocenters. The van der Waals surface area contributed by atoms with Crippen LogP contribution in [-0.4, -0.2) is 70.7 Å². The van der Waals surface area contributed by atoms with Gasteiger partial charge in [0.25, 0.3) is 0 Å². The number of hydrogen-bond acceptors (Lipinski definition) is 6. The van der Waals surface area contributed by atoms with Crippen LogP contribution < -0.4 is 4.74 Å². The second kappa shape index (κ2) is 9.34. The molecule has 0 bridgehead atoms. The Morgan fingerprint density at radius 2 is 1.44 bits per heavy atom. The molecule has 4 heterocycles. The van der Waals surface area contributed by atoms with Crippen LogP contribution in [-0.2, 0) is 36.5 Å². The van der Waals surface area contributed by atoms with Gasteiger partial charge in [0.2, 0.25) is 0 Å². The quantitative estimate of drug-likeness (QED) is 0.550. The first-order valence-electron chi connectivity index (χ1n) is 10.1. The van der Waals surface area contributed by atoms with E-state index in [1.807, 2.05) is 0 Å². The SMILES string of the molecule is C(OCC1CO1)C1CO1.CCCc1ccc(OCC2CO2)c(CC2CO2)c1. The molecule has 0 amide bonds. The lowest BCUT2D eigenvalue weighted by molar-refractivity contribution is 0.102. The first-order valence-corrected chi connectivity index (χ1v) is 10.1. The smallest absolute Gasteiger partial charge is 0.122 e. The molecule has 4 aliphatic rings. The Labute approximate surface area is 161 Å². The summed E-state index contributed by atoms with van der Waals surface area (Å²) >= 11 is 0. The largest absolute Gasteiger partial charge is 0.491 e. The first kappa shape index (κ1) is 19.2. The lowest BCUT2D eigenvalue weighted by Gasteiger charge is -2.12. The Kier molecular flexibility index (Phi) is 6.63. The minimum Gasteiger partial charge on any atom is -0.491 e. The van der Waals surface area contributed by atoms with E-state index in [2.05, 4.69) is 25.1 Å². The third-order valence-electron chi connectivity index (χ3n) is 4.75. The van der Waals surface area contributed by atoms with Crippen molar-refractivity contribution < 1.29 is 28.4 Å². The van der Waals surface area contributed by atoms with Crippen LogP contribution in [0.2, 0.25) is 0 Å². The van der Waals surface area contributed by atoms with Crippen LogP contribution in [0.3, 0.4) is 0 Å². The Morgan fingerprint density at radius 1 is 0.852 bits per heavy atom. The average Bonchev–Trinajstić information content (AvgIpc) is 3.50. The van der Waals surface area contributed by atoms with Crippen LogP contribution >= 0.6 is 0 Å². The zero-order chi connectivity index (χ0) is 18.5. The molecule has 1 aromatic carbocycles. The van der Waals surface area contributed by atoms with E-state index in [1.165, 1.54) is 17.5 Å². The van der Waals surface area contributed by atoms with Crippen molar-refractivity contribution in [3.05, 3.63) is 29.3 Å². The van der Waals surface area contributed by atoms with Crippen molar-refractivity contribution in [2.45, 2.75) is 50.6 Å². The second-order valence-corrected chi connectivity index (χ2v) is 7.57. The summed E-state index contributed by atoms with van der Waals surface area (Å²) in [5, 5.41) is 0. The molecule has 1 aromatic rings. The van der Waals surface area contributed by atoms with Crippen molar-refractivity contribution in [3.8, 4) is 5.75 Å². The predicted octanol–water partition coefficient (Wildman–Crippen LogP) is 2.16. The van der Waals surface area contributed by atoms with Gasteiger partial charge in [-0.25, -0.2) is 0 Å².